The molecule has 0 radical (unpaired) electrons. The molecule has 0 heterocycles. The van der Waals surface area contributed by atoms with E-state index in [1.165, 1.54) is 44.8 Å². The molecule has 0 bridgehead atoms. The van der Waals surface area contributed by atoms with Crippen molar-refractivity contribution in [3.63, 3.8) is 0 Å². The first-order valence-electron chi connectivity index (χ1n) is 13.9. The summed E-state index contributed by atoms with van der Waals surface area (Å²) in [4.78, 5) is 25.3. The molecule has 6 heteroatoms. The van der Waals surface area contributed by atoms with Crippen LogP contribution in [0.5, 0.6) is 5.75 Å². The Morgan fingerprint density at radius 2 is 1.65 bits per heavy atom. The number of hydrogen-bond acceptors (Lipinski definition) is 4. The van der Waals surface area contributed by atoms with E-state index in [1.54, 1.807) is 0 Å². The normalized spacial score (nSPS) is 14.4. The summed E-state index contributed by atoms with van der Waals surface area (Å²) >= 11 is 3.67. The van der Waals surface area contributed by atoms with E-state index in [4.69, 9.17) is 9.47 Å². The van der Waals surface area contributed by atoms with Crippen molar-refractivity contribution in [2.75, 3.05) is 7.11 Å². The minimum atomic E-state index is -0.771. The number of ether oxygens (including phenoxy) is 2. The number of esters is 1. The lowest BCUT2D eigenvalue weighted by Gasteiger charge is -2.22. The van der Waals surface area contributed by atoms with Crippen LogP contribution in [0.15, 0.2) is 89.4 Å². The van der Waals surface area contributed by atoms with Gasteiger partial charge in [0, 0.05) is 18.5 Å². The third-order valence-electron chi connectivity index (χ3n) is 7.68. The molecule has 5 rings (SSSR count). The van der Waals surface area contributed by atoms with Crippen molar-refractivity contribution < 1.29 is 19.1 Å². The van der Waals surface area contributed by atoms with E-state index in [9.17, 15) is 9.59 Å². The Morgan fingerprint density at radius 3 is 2.38 bits per heavy atom. The summed E-state index contributed by atoms with van der Waals surface area (Å²) in [5, 5.41) is 5.00. The topological polar surface area (TPSA) is 64.6 Å². The number of methoxy groups -OCH3 is 1. The summed E-state index contributed by atoms with van der Waals surface area (Å²) in [5.74, 6) is 0.693. The molecule has 0 aliphatic heterocycles. The average Bonchev–Trinajstić information content (AvgIpc) is 3.01. The number of hydrogen-bond donors (Lipinski definition) is 1. The Hall–Kier alpha value is -3.64. The van der Waals surface area contributed by atoms with Gasteiger partial charge in [0.2, 0.25) is 0 Å². The first-order valence-corrected chi connectivity index (χ1v) is 14.7. The fourth-order valence-electron chi connectivity index (χ4n) is 5.44. The molecule has 4 aromatic carbocycles. The second kappa shape index (κ2) is 13.1. The van der Waals surface area contributed by atoms with Gasteiger partial charge in [-0.15, -0.1) is 0 Å². The highest BCUT2D eigenvalue weighted by Gasteiger charge is 2.23. The van der Waals surface area contributed by atoms with Gasteiger partial charge in [-0.3, -0.25) is 4.79 Å². The lowest BCUT2D eigenvalue weighted by molar-refractivity contribution is -0.148. The minimum Gasteiger partial charge on any atom is -0.477 e. The van der Waals surface area contributed by atoms with Crippen molar-refractivity contribution >= 4 is 38.6 Å². The lowest BCUT2D eigenvalue weighted by atomic mass is 9.84. The first kappa shape index (κ1) is 27.9. The predicted octanol–water partition coefficient (Wildman–Crippen LogP) is 7.74. The first-order chi connectivity index (χ1) is 19.5. The van der Waals surface area contributed by atoms with Crippen molar-refractivity contribution in [2.24, 2.45) is 0 Å². The molecule has 1 aliphatic rings. The van der Waals surface area contributed by atoms with Crippen molar-refractivity contribution in [3.05, 3.63) is 112 Å². The van der Waals surface area contributed by atoms with Crippen LogP contribution in [0.3, 0.4) is 0 Å². The second-order valence-corrected chi connectivity index (χ2v) is 11.2. The molecule has 1 amide bonds. The van der Waals surface area contributed by atoms with Crippen molar-refractivity contribution in [1.29, 1.82) is 0 Å². The number of benzene rings is 4. The molecular weight excluding hydrogens is 566 g/mol. The fourth-order valence-corrected chi connectivity index (χ4v) is 6.02. The summed E-state index contributed by atoms with van der Waals surface area (Å²) < 4.78 is 11.9. The highest BCUT2D eigenvalue weighted by atomic mass is 79.9. The van der Waals surface area contributed by atoms with Crippen molar-refractivity contribution in [1.82, 2.24) is 5.32 Å². The molecule has 1 saturated carbocycles. The third kappa shape index (κ3) is 6.73. The number of halogens is 1. The molecule has 4 aromatic rings. The highest BCUT2D eigenvalue weighted by Crippen LogP contribution is 2.35. The fraction of sp³-hybridized carbons (Fsp3) is 0.294. The summed E-state index contributed by atoms with van der Waals surface area (Å²) in [6, 6.07) is 27.7. The van der Waals surface area contributed by atoms with Gasteiger partial charge in [-0.05, 0) is 86.4 Å². The van der Waals surface area contributed by atoms with Gasteiger partial charge >= 0.3 is 5.97 Å². The van der Waals surface area contributed by atoms with Crippen LogP contribution >= 0.6 is 15.9 Å². The molecule has 0 saturated heterocycles. The molecule has 40 heavy (non-hydrogen) atoms. The summed E-state index contributed by atoms with van der Waals surface area (Å²) in [6.07, 6.45) is 6.06. The number of amides is 1. The van der Waals surface area contributed by atoms with E-state index in [0.717, 1.165) is 26.4 Å². The van der Waals surface area contributed by atoms with E-state index in [0.29, 0.717) is 30.2 Å². The maximum atomic E-state index is 12.8. The Bertz CT molecular complexity index is 1460. The van der Waals surface area contributed by atoms with Gasteiger partial charge in [-0.25, -0.2) is 4.79 Å². The SMILES string of the molecule is COC(=O)C(Cc1ccccc1)Oc1ccc2cc(CNC(=O)c3ccc(C4CCCCC4)cc3)ccc2c1Br. The molecule has 206 valence electrons. The molecule has 1 N–H and O–H groups in total. The van der Waals surface area contributed by atoms with Crippen LogP contribution in [0.25, 0.3) is 10.8 Å². The molecule has 1 aliphatic carbocycles. The largest absolute Gasteiger partial charge is 0.477 e. The Kier molecular flexibility index (Phi) is 9.17. The lowest BCUT2D eigenvalue weighted by Crippen LogP contribution is -2.31. The highest BCUT2D eigenvalue weighted by molar-refractivity contribution is 9.10. The zero-order valence-electron chi connectivity index (χ0n) is 22.7. The van der Waals surface area contributed by atoms with Gasteiger partial charge in [0.25, 0.3) is 5.91 Å². The second-order valence-electron chi connectivity index (χ2n) is 10.4. The molecule has 0 aromatic heterocycles. The summed E-state index contributed by atoms with van der Waals surface area (Å²) in [5.41, 5.74) is 4.01. The summed E-state index contributed by atoms with van der Waals surface area (Å²) in [7, 11) is 1.37. The number of nitrogens with one attached hydrogen (secondary N) is 1. The molecule has 1 atom stereocenters. The smallest absolute Gasteiger partial charge is 0.347 e. The van der Waals surface area contributed by atoms with Crippen molar-refractivity contribution in [2.45, 2.75) is 57.1 Å². The van der Waals surface area contributed by atoms with Gasteiger partial charge in [0.15, 0.2) is 6.10 Å². The van der Waals surface area contributed by atoms with Crippen LogP contribution in [0.1, 0.15) is 65.1 Å². The van der Waals surface area contributed by atoms with E-state index < -0.39 is 12.1 Å². The van der Waals surface area contributed by atoms with Crippen LogP contribution in [0.2, 0.25) is 0 Å². The van der Waals surface area contributed by atoms with Crippen LogP contribution in [-0.2, 0) is 22.5 Å². The number of carbonyl (C=O) groups is 2. The van der Waals surface area contributed by atoms with Gasteiger partial charge in [0.1, 0.15) is 5.75 Å². The van der Waals surface area contributed by atoms with E-state index in [1.807, 2.05) is 66.7 Å². The Labute approximate surface area is 244 Å². The average molecular weight is 601 g/mol. The Balaban J connectivity index is 1.24. The third-order valence-corrected chi connectivity index (χ3v) is 8.50. The zero-order chi connectivity index (χ0) is 27.9. The monoisotopic (exact) mass is 599 g/mol. The minimum absolute atomic E-state index is 0.0764. The van der Waals surface area contributed by atoms with E-state index >= 15 is 0 Å². The maximum Gasteiger partial charge on any atom is 0.347 e. The van der Waals surface area contributed by atoms with Gasteiger partial charge in [0.05, 0.1) is 11.6 Å². The number of rotatable bonds is 9. The van der Waals surface area contributed by atoms with Gasteiger partial charge in [-0.2, -0.15) is 0 Å². The van der Waals surface area contributed by atoms with E-state index in [-0.39, 0.29) is 5.91 Å². The van der Waals surface area contributed by atoms with Crippen molar-refractivity contribution in [3.8, 4) is 5.75 Å². The molecule has 0 spiro atoms. The van der Waals surface area contributed by atoms with Crippen LogP contribution in [0.4, 0.5) is 0 Å². The quantitative estimate of drug-likeness (QED) is 0.200. The Morgan fingerprint density at radius 1 is 0.900 bits per heavy atom. The van der Waals surface area contributed by atoms with Crippen LogP contribution < -0.4 is 10.1 Å². The van der Waals surface area contributed by atoms with E-state index in [2.05, 4.69) is 39.4 Å². The van der Waals surface area contributed by atoms with Crippen LogP contribution in [0, 0.1) is 0 Å². The number of fused-ring (bicyclic) bond motifs is 1. The maximum absolute atomic E-state index is 12.8. The van der Waals surface area contributed by atoms with Gasteiger partial charge < -0.3 is 14.8 Å². The van der Waals surface area contributed by atoms with Gasteiger partial charge in [-0.1, -0.05) is 79.9 Å². The van der Waals surface area contributed by atoms with Crippen LogP contribution in [-0.4, -0.2) is 25.1 Å². The standard InChI is InChI=1S/C34H34BrNO4/c1-39-34(38)31(21-23-8-4-2-5-9-23)40-30-19-17-28-20-24(12-18-29(28)32(30)35)22-36-33(37)27-15-13-26(14-16-27)25-10-6-3-7-11-25/h2,4-5,8-9,12-20,25,31H,3,6-7,10-11,21-22H2,1H3,(H,36,37). The summed E-state index contributed by atoms with van der Waals surface area (Å²) in [6.45, 7) is 0.427. The molecule has 1 unspecified atom stereocenters. The molecule has 1 fully saturated rings. The molecular formula is C34H34BrNO4. The molecule has 5 nitrogen and oxygen atoms in total. The predicted molar refractivity (Wildman–Crippen MR) is 162 cm³/mol. The zero-order valence-corrected chi connectivity index (χ0v) is 24.3. The number of carbonyl (C=O) groups excluding carboxylic acids is 2.